The molecule has 0 saturated carbocycles. The minimum Gasteiger partial charge on any atom is -0.490 e. The maximum absolute atomic E-state index is 11.8. The van der Waals surface area contributed by atoms with Crippen LogP contribution < -0.4 is 15.1 Å². The Hall–Kier alpha value is -1.99. The van der Waals surface area contributed by atoms with Gasteiger partial charge in [-0.3, -0.25) is 0 Å². The molecule has 25 heavy (non-hydrogen) atoms. The Morgan fingerprint density at radius 2 is 1.96 bits per heavy atom. The van der Waals surface area contributed by atoms with Crippen LogP contribution >= 0.6 is 0 Å². The minimum atomic E-state index is -0.490. The molecule has 4 rings (SSSR count). The first-order chi connectivity index (χ1) is 12.0. The third-order valence-electron chi connectivity index (χ3n) is 5.38. The molecule has 0 amide bonds. The molecule has 2 aromatic rings. The number of ether oxygens (including phenoxy) is 2. The first-order valence-electron chi connectivity index (χ1n) is 8.79. The van der Waals surface area contributed by atoms with Crippen LogP contribution in [0.25, 0.3) is 11.0 Å². The fourth-order valence-electron chi connectivity index (χ4n) is 4.35. The van der Waals surface area contributed by atoms with Gasteiger partial charge in [0.15, 0.2) is 0 Å². The number of hydrogen-bond donors (Lipinski definition) is 1. The van der Waals surface area contributed by atoms with Gasteiger partial charge in [-0.1, -0.05) is 0 Å². The maximum Gasteiger partial charge on any atom is 0.379 e. The molecule has 0 aliphatic carbocycles. The number of piperidine rings is 1. The highest BCUT2D eigenvalue weighted by Crippen LogP contribution is 2.37. The van der Waals surface area contributed by atoms with Crippen molar-refractivity contribution < 1.29 is 18.9 Å². The molecule has 2 fully saturated rings. The van der Waals surface area contributed by atoms with Crippen molar-refractivity contribution in [3.8, 4) is 11.5 Å². The highest BCUT2D eigenvalue weighted by atomic mass is 16.5. The highest BCUT2D eigenvalue weighted by Gasteiger charge is 2.44. The van der Waals surface area contributed by atoms with Crippen LogP contribution in [-0.2, 0) is 0 Å². The Labute approximate surface area is 146 Å². The van der Waals surface area contributed by atoms with E-state index in [1.165, 1.54) is 7.11 Å². The minimum absolute atomic E-state index is 0.120. The molecule has 0 unspecified atom stereocenters. The summed E-state index contributed by atoms with van der Waals surface area (Å²) >= 11 is 0. The molecule has 7 heteroatoms. The number of hydrogen-bond acceptors (Lipinski definition) is 6. The van der Waals surface area contributed by atoms with Crippen molar-refractivity contribution in [2.24, 2.45) is 0 Å². The number of nitrogens with zero attached hydrogens (tertiary/aromatic N) is 1. The monoisotopic (exact) mass is 343 g/mol. The summed E-state index contributed by atoms with van der Waals surface area (Å²) in [7, 11) is 1.05. The van der Waals surface area contributed by atoms with Crippen LogP contribution in [0, 0.1) is 0 Å². The Morgan fingerprint density at radius 1 is 1.24 bits per heavy atom. The van der Waals surface area contributed by atoms with E-state index in [0.29, 0.717) is 23.4 Å². The number of rotatable bonds is 4. The quantitative estimate of drug-likeness (QED) is 0.678. The third-order valence-corrected chi connectivity index (χ3v) is 5.38. The summed E-state index contributed by atoms with van der Waals surface area (Å²) in [5.41, 5.74) is 0.00289. The van der Waals surface area contributed by atoms with Gasteiger partial charge in [0.1, 0.15) is 17.4 Å². The topological polar surface area (TPSA) is 72.1 Å². The molecule has 1 aromatic carbocycles. The SMILES string of the molecule is COc1cc2ccc(O[C@@H]3C[C@H]4CC[C@@H](C3)N4B(C)O)cc2oc1=O. The predicted molar refractivity (Wildman–Crippen MR) is 95.2 cm³/mol. The van der Waals surface area contributed by atoms with Gasteiger partial charge in [-0.05, 0) is 50.7 Å². The van der Waals surface area contributed by atoms with E-state index >= 15 is 0 Å². The van der Waals surface area contributed by atoms with E-state index in [9.17, 15) is 9.82 Å². The van der Waals surface area contributed by atoms with Crippen molar-refractivity contribution in [1.82, 2.24) is 4.81 Å². The van der Waals surface area contributed by atoms with E-state index in [0.717, 1.165) is 31.1 Å². The van der Waals surface area contributed by atoms with Gasteiger partial charge in [0.05, 0.1) is 7.11 Å². The molecule has 3 heterocycles. The fourth-order valence-corrected chi connectivity index (χ4v) is 4.35. The van der Waals surface area contributed by atoms with E-state index in [1.807, 2.05) is 19.0 Å². The Balaban J connectivity index is 1.53. The molecular weight excluding hydrogens is 321 g/mol. The largest absolute Gasteiger partial charge is 0.490 e. The molecule has 1 aromatic heterocycles. The van der Waals surface area contributed by atoms with Crippen molar-refractivity contribution in [3.63, 3.8) is 0 Å². The lowest BCUT2D eigenvalue weighted by atomic mass is 9.79. The van der Waals surface area contributed by atoms with Gasteiger partial charge >= 0.3 is 12.7 Å². The van der Waals surface area contributed by atoms with Crippen LogP contribution in [0.5, 0.6) is 11.5 Å². The average Bonchev–Trinajstić information content (AvgIpc) is 2.86. The second-order valence-electron chi connectivity index (χ2n) is 6.98. The molecule has 2 aliphatic heterocycles. The normalized spacial score (nSPS) is 26.0. The number of methoxy groups -OCH3 is 1. The molecule has 6 nitrogen and oxygen atoms in total. The van der Waals surface area contributed by atoms with E-state index < -0.39 is 12.7 Å². The van der Waals surface area contributed by atoms with Gasteiger partial charge < -0.3 is 23.7 Å². The summed E-state index contributed by atoms with van der Waals surface area (Å²) in [5.74, 6) is 0.902. The zero-order valence-electron chi connectivity index (χ0n) is 14.5. The van der Waals surface area contributed by atoms with Crippen LogP contribution in [0.4, 0.5) is 0 Å². The average molecular weight is 343 g/mol. The molecule has 0 spiro atoms. The number of benzene rings is 1. The highest BCUT2D eigenvalue weighted by molar-refractivity contribution is 6.45. The zero-order chi connectivity index (χ0) is 17.6. The Kier molecular flexibility index (Phi) is 4.21. The Morgan fingerprint density at radius 3 is 2.60 bits per heavy atom. The van der Waals surface area contributed by atoms with Gasteiger partial charge in [0.25, 0.3) is 0 Å². The summed E-state index contributed by atoms with van der Waals surface area (Å²) in [6.45, 7) is 1.84. The standard InChI is InChI=1S/C18H22BNO5/c1-19(22)20-12-4-5-13(20)9-15(8-12)24-14-6-3-11-7-17(23-2)18(21)25-16(11)10-14/h3,6-7,10,12-13,15,22H,4-5,8-9H2,1-2H3/t12-,13+,15-. The van der Waals surface area contributed by atoms with Gasteiger partial charge in [-0.15, -0.1) is 0 Å². The summed E-state index contributed by atoms with van der Waals surface area (Å²) in [4.78, 5) is 14.0. The Bertz CT molecular complexity index is 822. The molecule has 0 radical (unpaired) electrons. The van der Waals surface area contributed by atoms with Gasteiger partial charge in [0, 0.05) is 23.5 Å². The van der Waals surface area contributed by atoms with Crippen molar-refractivity contribution in [3.05, 3.63) is 34.7 Å². The molecule has 3 atom stereocenters. The van der Waals surface area contributed by atoms with Gasteiger partial charge in [0.2, 0.25) is 5.75 Å². The first-order valence-corrected chi connectivity index (χ1v) is 8.79. The molecule has 2 saturated heterocycles. The lowest BCUT2D eigenvalue weighted by molar-refractivity contribution is 0.0864. The maximum atomic E-state index is 11.8. The van der Waals surface area contributed by atoms with E-state index in [4.69, 9.17) is 13.9 Å². The summed E-state index contributed by atoms with van der Waals surface area (Å²) in [6.07, 6.45) is 4.16. The van der Waals surface area contributed by atoms with Crippen LogP contribution in [0.2, 0.25) is 6.82 Å². The van der Waals surface area contributed by atoms with Crippen molar-refractivity contribution >= 4 is 18.0 Å². The summed E-state index contributed by atoms with van der Waals surface area (Å²) in [6, 6.07) is 7.96. The summed E-state index contributed by atoms with van der Waals surface area (Å²) in [5, 5.41) is 10.8. The molecule has 132 valence electrons. The zero-order valence-corrected chi connectivity index (χ0v) is 14.5. The van der Waals surface area contributed by atoms with Crippen LogP contribution in [0.1, 0.15) is 25.7 Å². The van der Waals surface area contributed by atoms with E-state index in [2.05, 4.69) is 4.81 Å². The molecular formula is C18H22BNO5. The van der Waals surface area contributed by atoms with Gasteiger partial charge in [-0.2, -0.15) is 0 Å². The van der Waals surface area contributed by atoms with E-state index in [1.54, 1.807) is 12.1 Å². The predicted octanol–water partition coefficient (Wildman–Crippen LogP) is 2.29. The second-order valence-corrected chi connectivity index (χ2v) is 6.98. The van der Waals surface area contributed by atoms with Crippen LogP contribution in [0.3, 0.4) is 0 Å². The van der Waals surface area contributed by atoms with Crippen molar-refractivity contribution in [2.75, 3.05) is 7.11 Å². The van der Waals surface area contributed by atoms with Crippen LogP contribution in [-0.4, -0.2) is 42.2 Å². The molecule has 2 aliphatic rings. The lowest BCUT2D eigenvalue weighted by Gasteiger charge is -2.39. The fraction of sp³-hybridized carbons (Fsp3) is 0.500. The molecule has 1 N–H and O–H groups in total. The van der Waals surface area contributed by atoms with Crippen LogP contribution in [0.15, 0.2) is 33.5 Å². The smallest absolute Gasteiger partial charge is 0.379 e. The van der Waals surface area contributed by atoms with E-state index in [-0.39, 0.29) is 11.9 Å². The van der Waals surface area contributed by atoms with Crippen molar-refractivity contribution in [2.45, 2.75) is 50.7 Å². The lowest BCUT2D eigenvalue weighted by Crippen LogP contribution is -2.52. The number of fused-ring (bicyclic) bond motifs is 3. The molecule has 2 bridgehead atoms. The van der Waals surface area contributed by atoms with Crippen molar-refractivity contribution in [1.29, 1.82) is 0 Å². The second kappa shape index (κ2) is 6.39. The van der Waals surface area contributed by atoms with Gasteiger partial charge in [-0.25, -0.2) is 4.79 Å². The summed E-state index contributed by atoms with van der Waals surface area (Å²) < 4.78 is 16.5. The first kappa shape index (κ1) is 16.5. The third kappa shape index (κ3) is 3.02.